The summed E-state index contributed by atoms with van der Waals surface area (Å²) in [5, 5.41) is 5.33. The van der Waals surface area contributed by atoms with Crippen LogP contribution in [0.1, 0.15) is 29.9 Å². The molecule has 0 saturated heterocycles. The van der Waals surface area contributed by atoms with E-state index in [0.29, 0.717) is 0 Å². The van der Waals surface area contributed by atoms with Crippen LogP contribution < -0.4 is 10.7 Å². The van der Waals surface area contributed by atoms with Crippen molar-refractivity contribution in [3.8, 4) is 0 Å². The van der Waals surface area contributed by atoms with Crippen LogP contribution in [-0.4, -0.2) is 33.6 Å². The highest BCUT2D eigenvalue weighted by Crippen LogP contribution is 2.40. The summed E-state index contributed by atoms with van der Waals surface area (Å²) < 4.78 is 0. The van der Waals surface area contributed by atoms with Crippen LogP contribution in [0.25, 0.3) is 16.6 Å². The van der Waals surface area contributed by atoms with E-state index in [4.69, 9.17) is 4.98 Å². The molecule has 1 aliphatic carbocycles. The first-order valence-electron chi connectivity index (χ1n) is 8.64. The van der Waals surface area contributed by atoms with Crippen LogP contribution in [-0.2, 0) is 0 Å². The van der Waals surface area contributed by atoms with Crippen molar-refractivity contribution in [3.05, 3.63) is 54.0 Å². The van der Waals surface area contributed by atoms with Gasteiger partial charge in [-0.05, 0) is 54.2 Å². The van der Waals surface area contributed by atoms with Crippen molar-refractivity contribution in [2.24, 2.45) is 0 Å². The maximum atomic E-state index is 4.74. The summed E-state index contributed by atoms with van der Waals surface area (Å²) in [6, 6.07) is 8.26. The molecule has 3 N–H and O–H groups in total. The maximum absolute atomic E-state index is 4.74. The Kier molecular flexibility index (Phi) is 3.24. The third-order valence-electron chi connectivity index (χ3n) is 4.79. The molecule has 1 aliphatic heterocycles. The Labute approximate surface area is 146 Å². The fourth-order valence-corrected chi connectivity index (χ4v) is 3.24. The second-order valence-corrected chi connectivity index (χ2v) is 6.80. The Balaban J connectivity index is 1.43. The first-order chi connectivity index (χ1) is 12.2. The van der Waals surface area contributed by atoms with Crippen molar-refractivity contribution in [3.63, 3.8) is 0 Å². The number of anilines is 2. The molecular weight excluding hydrogens is 312 g/mol. The summed E-state index contributed by atoms with van der Waals surface area (Å²) >= 11 is 0. The summed E-state index contributed by atoms with van der Waals surface area (Å²) in [5.74, 6) is 2.56. The van der Waals surface area contributed by atoms with Crippen LogP contribution in [0.15, 0.2) is 42.9 Å². The Hall–Kier alpha value is -2.86. The van der Waals surface area contributed by atoms with Gasteiger partial charge in [-0.25, -0.2) is 10.4 Å². The number of hydrogen-bond acceptors (Lipinski definition) is 5. The van der Waals surface area contributed by atoms with E-state index in [9.17, 15) is 0 Å². The molecule has 0 radical (unpaired) electrons. The standard InChI is InChI=1S/C19H20N6/c1-25-11-15(10-22-25)13-6-17-16(20-8-13)4-5-18(23-17)24-19-7-14(9-21-19)12-2-3-12/h4-9,11-12,21-22H,2-3,10H2,1H3,(H,23,24). The number of hydrogen-bond donors (Lipinski definition) is 3. The predicted molar refractivity (Wildman–Crippen MR) is 99.3 cm³/mol. The summed E-state index contributed by atoms with van der Waals surface area (Å²) in [6.07, 6.45) is 8.70. The van der Waals surface area contributed by atoms with Gasteiger partial charge in [-0.2, -0.15) is 0 Å². The zero-order valence-electron chi connectivity index (χ0n) is 14.1. The minimum Gasteiger partial charge on any atom is -0.348 e. The molecule has 5 rings (SSSR count). The average molecular weight is 332 g/mol. The molecule has 6 heteroatoms. The lowest BCUT2D eigenvalue weighted by Gasteiger charge is -2.06. The normalized spacial score (nSPS) is 17.2. The largest absolute Gasteiger partial charge is 0.348 e. The highest BCUT2D eigenvalue weighted by atomic mass is 15.5. The molecule has 1 saturated carbocycles. The van der Waals surface area contributed by atoms with E-state index in [0.717, 1.165) is 40.7 Å². The highest BCUT2D eigenvalue weighted by Gasteiger charge is 2.24. The fraction of sp³-hybridized carbons (Fsp3) is 0.263. The van der Waals surface area contributed by atoms with Crippen LogP contribution in [0, 0.1) is 0 Å². The lowest BCUT2D eigenvalue weighted by Crippen LogP contribution is -2.23. The van der Waals surface area contributed by atoms with Crippen LogP contribution in [0.4, 0.5) is 11.6 Å². The zero-order valence-corrected chi connectivity index (χ0v) is 14.1. The molecule has 0 bridgehead atoms. The molecule has 25 heavy (non-hydrogen) atoms. The molecular formula is C19H20N6. The van der Waals surface area contributed by atoms with Gasteiger partial charge in [0.05, 0.1) is 11.0 Å². The lowest BCUT2D eigenvalue weighted by molar-refractivity contribution is 0.374. The minimum atomic E-state index is 0.745. The van der Waals surface area contributed by atoms with Crippen molar-refractivity contribution < 1.29 is 0 Å². The Morgan fingerprint density at radius 1 is 1.20 bits per heavy atom. The van der Waals surface area contributed by atoms with E-state index in [1.807, 2.05) is 30.4 Å². The topological polar surface area (TPSA) is 68.9 Å². The number of nitrogens with zero attached hydrogens (tertiary/aromatic N) is 3. The molecule has 126 valence electrons. The summed E-state index contributed by atoms with van der Waals surface area (Å²) in [5.41, 5.74) is 8.76. The number of aromatic amines is 1. The minimum absolute atomic E-state index is 0.745. The van der Waals surface area contributed by atoms with Crippen molar-refractivity contribution in [1.29, 1.82) is 0 Å². The van der Waals surface area contributed by atoms with Gasteiger partial charge < -0.3 is 15.3 Å². The summed E-state index contributed by atoms with van der Waals surface area (Å²) in [6.45, 7) is 0.814. The molecule has 4 heterocycles. The van der Waals surface area contributed by atoms with Crippen LogP contribution in [0.3, 0.4) is 0 Å². The number of nitrogens with one attached hydrogen (secondary N) is 3. The van der Waals surface area contributed by atoms with E-state index in [1.54, 1.807) is 0 Å². The molecule has 0 amide bonds. The summed E-state index contributed by atoms with van der Waals surface area (Å²) in [7, 11) is 1.99. The molecule has 0 atom stereocenters. The SMILES string of the molecule is CN1C=C(c2cnc3ccc(Nc4cc(C5CC5)c[nH]4)nc3c2)CN1. The third-order valence-corrected chi connectivity index (χ3v) is 4.79. The number of rotatable bonds is 4. The van der Waals surface area contributed by atoms with Crippen molar-refractivity contribution >= 4 is 28.2 Å². The van der Waals surface area contributed by atoms with E-state index < -0.39 is 0 Å². The fourth-order valence-electron chi connectivity index (χ4n) is 3.24. The van der Waals surface area contributed by atoms with Gasteiger partial charge in [0.1, 0.15) is 11.6 Å². The van der Waals surface area contributed by atoms with Gasteiger partial charge in [-0.15, -0.1) is 0 Å². The van der Waals surface area contributed by atoms with E-state index in [-0.39, 0.29) is 0 Å². The quantitative estimate of drug-likeness (QED) is 0.683. The van der Waals surface area contributed by atoms with E-state index in [2.05, 4.69) is 45.2 Å². The Morgan fingerprint density at radius 3 is 2.92 bits per heavy atom. The molecule has 0 unspecified atom stereocenters. The first-order valence-corrected chi connectivity index (χ1v) is 8.64. The van der Waals surface area contributed by atoms with Gasteiger partial charge in [0.15, 0.2) is 0 Å². The van der Waals surface area contributed by atoms with Gasteiger partial charge in [-0.1, -0.05) is 0 Å². The smallest absolute Gasteiger partial charge is 0.132 e. The number of aromatic nitrogens is 3. The van der Waals surface area contributed by atoms with Gasteiger partial charge in [0.2, 0.25) is 0 Å². The highest BCUT2D eigenvalue weighted by molar-refractivity contribution is 5.81. The van der Waals surface area contributed by atoms with E-state index in [1.165, 1.54) is 24.0 Å². The van der Waals surface area contributed by atoms with Crippen LogP contribution in [0.5, 0.6) is 0 Å². The molecule has 3 aromatic heterocycles. The van der Waals surface area contributed by atoms with Crippen molar-refractivity contribution in [1.82, 2.24) is 25.4 Å². The van der Waals surface area contributed by atoms with Crippen LogP contribution in [0.2, 0.25) is 0 Å². The number of pyridine rings is 2. The monoisotopic (exact) mass is 332 g/mol. The number of fused-ring (bicyclic) bond motifs is 1. The number of H-pyrrole nitrogens is 1. The Bertz CT molecular complexity index is 969. The predicted octanol–water partition coefficient (Wildman–Crippen LogP) is 3.37. The molecule has 0 spiro atoms. The second-order valence-electron chi connectivity index (χ2n) is 6.80. The molecule has 2 aliphatic rings. The van der Waals surface area contributed by atoms with Crippen LogP contribution >= 0.6 is 0 Å². The lowest BCUT2D eigenvalue weighted by atomic mass is 10.1. The molecule has 0 aromatic carbocycles. The third kappa shape index (κ3) is 2.85. The van der Waals surface area contributed by atoms with Gasteiger partial charge in [0.25, 0.3) is 0 Å². The summed E-state index contributed by atoms with van der Waals surface area (Å²) in [4.78, 5) is 12.6. The Morgan fingerprint density at radius 2 is 2.12 bits per heavy atom. The average Bonchev–Trinajstić information content (AvgIpc) is 3.22. The zero-order chi connectivity index (χ0) is 16.8. The van der Waals surface area contributed by atoms with E-state index >= 15 is 0 Å². The van der Waals surface area contributed by atoms with Crippen molar-refractivity contribution in [2.75, 3.05) is 18.9 Å². The molecule has 6 nitrogen and oxygen atoms in total. The van der Waals surface area contributed by atoms with Gasteiger partial charge in [0, 0.05) is 37.7 Å². The molecule has 3 aromatic rings. The molecule has 1 fully saturated rings. The second kappa shape index (κ2) is 5.60. The first kappa shape index (κ1) is 14.5. The maximum Gasteiger partial charge on any atom is 0.132 e. The number of hydrazine groups is 1. The van der Waals surface area contributed by atoms with Crippen molar-refractivity contribution in [2.45, 2.75) is 18.8 Å². The van der Waals surface area contributed by atoms with Gasteiger partial charge >= 0.3 is 0 Å². The van der Waals surface area contributed by atoms with Gasteiger partial charge in [-0.3, -0.25) is 4.98 Å².